The zero-order valence-electron chi connectivity index (χ0n) is 29.2. The molecule has 0 saturated carbocycles. The Kier molecular flexibility index (Phi) is 15.8. The third-order valence-electron chi connectivity index (χ3n) is 8.04. The maximum atomic E-state index is 14.0. The van der Waals surface area contributed by atoms with Crippen LogP contribution in [0.2, 0.25) is 0 Å². The van der Waals surface area contributed by atoms with Crippen molar-refractivity contribution in [3.8, 4) is 0 Å². The van der Waals surface area contributed by atoms with Crippen molar-refractivity contribution in [3.05, 3.63) is 129 Å². The van der Waals surface area contributed by atoms with Crippen LogP contribution in [0, 0.1) is 5.92 Å². The van der Waals surface area contributed by atoms with E-state index in [9.17, 15) is 28.3 Å². The summed E-state index contributed by atoms with van der Waals surface area (Å²) in [5.41, 5.74) is 24.9. The quantitative estimate of drug-likeness (QED) is 0.0706. The van der Waals surface area contributed by atoms with E-state index in [0.29, 0.717) is 13.1 Å². The summed E-state index contributed by atoms with van der Waals surface area (Å²) < 4.78 is 24.0. The number of amides is 3. The normalized spacial score (nSPS) is 13.8. The molecule has 0 aromatic heterocycles. The Morgan fingerprint density at radius 3 is 1.73 bits per heavy atom. The van der Waals surface area contributed by atoms with E-state index < -0.39 is 51.7 Å². The molecule has 3 rings (SSSR count). The van der Waals surface area contributed by atoms with Crippen LogP contribution in [-0.4, -0.2) is 56.6 Å². The number of nitrogens with one attached hydrogen (secondary N) is 3. The zero-order chi connectivity index (χ0) is 37.4. The molecule has 0 aliphatic carbocycles. The highest BCUT2D eigenvalue weighted by atomic mass is 32.2. The summed E-state index contributed by atoms with van der Waals surface area (Å²) in [6.45, 7) is 4.50. The van der Waals surface area contributed by atoms with Gasteiger partial charge < -0.3 is 27.4 Å². The molecule has 0 radical (unpaired) electrons. The van der Waals surface area contributed by atoms with Gasteiger partial charge in [-0.15, -0.1) is 0 Å². The van der Waals surface area contributed by atoms with E-state index >= 15 is 0 Å². The number of nitrogens with zero attached hydrogens (tertiary/aromatic N) is 3. The second kappa shape index (κ2) is 20.0. The van der Waals surface area contributed by atoms with Crippen LogP contribution in [0.5, 0.6) is 0 Å². The van der Waals surface area contributed by atoms with E-state index in [4.69, 9.17) is 11.5 Å². The predicted octanol–water partition coefficient (Wildman–Crippen LogP) is 3.37. The Balaban J connectivity index is 1.88. The third kappa shape index (κ3) is 14.4. The predicted molar refractivity (Wildman–Crippen MR) is 198 cm³/mol. The Bertz CT molecular complexity index is 1780. The molecule has 0 fully saturated rings. The number of benzene rings is 3. The van der Waals surface area contributed by atoms with Crippen LogP contribution < -0.4 is 27.4 Å². The van der Waals surface area contributed by atoms with Crippen molar-refractivity contribution in [1.82, 2.24) is 16.0 Å². The average Bonchev–Trinajstić information content (AvgIpc) is 3.10. The molecule has 4 atom stereocenters. The largest absolute Gasteiger partial charge is 0.348 e. The first-order valence-corrected chi connectivity index (χ1v) is 18.7. The fourth-order valence-electron chi connectivity index (χ4n) is 5.34. The van der Waals surface area contributed by atoms with Crippen LogP contribution >= 0.6 is 0 Å². The standard InChI is InChI=1S/C37H48N8O5S/c1-25(2)19-32(35(46)41-31(17-18-51(3,49)50)20-27-9-13-29(23-38)14-10-27)42-36(47)33(21-28-11-15-30(24-39)16-12-28)43-37(48)34(44-45-40)22-26-7-5-4-6-8-26/h4-18,25,31-34H,19-24,38-39H2,1-3H3,(H,41,46)(H,42,47)(H,43,48)/b18-17+/t31-,32+,33+,34?/m1/s1. The van der Waals surface area contributed by atoms with Crippen LogP contribution in [0.1, 0.15) is 48.1 Å². The van der Waals surface area contributed by atoms with Crippen molar-refractivity contribution >= 4 is 27.6 Å². The summed E-state index contributed by atoms with van der Waals surface area (Å²) >= 11 is 0. The Labute approximate surface area is 299 Å². The van der Waals surface area contributed by atoms with Gasteiger partial charge in [0.25, 0.3) is 0 Å². The number of hydrogen-bond acceptors (Lipinski definition) is 8. The molecule has 14 heteroatoms. The van der Waals surface area contributed by atoms with E-state index in [-0.39, 0.29) is 31.6 Å². The van der Waals surface area contributed by atoms with Crippen LogP contribution in [0.4, 0.5) is 0 Å². The molecule has 0 saturated heterocycles. The number of sulfone groups is 1. The summed E-state index contributed by atoms with van der Waals surface area (Å²) in [6.07, 6.45) is 3.20. The first-order chi connectivity index (χ1) is 24.3. The Morgan fingerprint density at radius 2 is 1.22 bits per heavy atom. The van der Waals surface area contributed by atoms with Crippen molar-refractivity contribution in [1.29, 1.82) is 0 Å². The van der Waals surface area contributed by atoms with E-state index in [2.05, 4.69) is 26.0 Å². The molecule has 0 aliphatic heterocycles. The topological polar surface area (TPSA) is 222 Å². The van der Waals surface area contributed by atoms with Gasteiger partial charge in [0.1, 0.15) is 18.1 Å². The number of rotatable bonds is 19. The van der Waals surface area contributed by atoms with Gasteiger partial charge in [0, 0.05) is 36.1 Å². The van der Waals surface area contributed by atoms with Gasteiger partial charge in [-0.2, -0.15) is 0 Å². The molecular weight excluding hydrogens is 669 g/mol. The molecule has 3 aromatic rings. The minimum absolute atomic E-state index is 0.0214. The third-order valence-corrected chi connectivity index (χ3v) is 8.69. The van der Waals surface area contributed by atoms with Gasteiger partial charge in [-0.05, 0) is 58.5 Å². The van der Waals surface area contributed by atoms with Crippen LogP contribution in [0.25, 0.3) is 10.4 Å². The number of hydrogen-bond donors (Lipinski definition) is 5. The maximum absolute atomic E-state index is 14.0. The van der Waals surface area contributed by atoms with Gasteiger partial charge >= 0.3 is 0 Å². The molecule has 0 heterocycles. The minimum Gasteiger partial charge on any atom is -0.348 e. The van der Waals surface area contributed by atoms with Gasteiger partial charge in [-0.3, -0.25) is 14.4 Å². The van der Waals surface area contributed by atoms with Gasteiger partial charge in [-0.25, -0.2) is 8.42 Å². The monoisotopic (exact) mass is 716 g/mol. The first kappa shape index (κ1) is 40.4. The van der Waals surface area contributed by atoms with E-state index in [0.717, 1.165) is 39.5 Å². The minimum atomic E-state index is -3.50. The van der Waals surface area contributed by atoms with Crippen LogP contribution in [0.3, 0.4) is 0 Å². The average molecular weight is 717 g/mol. The maximum Gasteiger partial charge on any atom is 0.243 e. The summed E-state index contributed by atoms with van der Waals surface area (Å²) in [5, 5.41) is 13.2. The van der Waals surface area contributed by atoms with Gasteiger partial charge in [0.2, 0.25) is 17.7 Å². The molecule has 3 amide bonds. The fraction of sp³-hybridized carbons (Fsp3) is 0.378. The van der Waals surface area contributed by atoms with Crippen molar-refractivity contribution in [2.45, 2.75) is 76.8 Å². The smallest absolute Gasteiger partial charge is 0.243 e. The van der Waals surface area contributed by atoms with Gasteiger partial charge in [0.05, 0.1) is 6.04 Å². The second-order valence-electron chi connectivity index (χ2n) is 12.9. The van der Waals surface area contributed by atoms with Crippen LogP contribution in [-0.2, 0) is 56.6 Å². The molecule has 3 aromatic carbocycles. The van der Waals surface area contributed by atoms with Crippen molar-refractivity contribution < 1.29 is 22.8 Å². The molecule has 0 spiro atoms. The Hall–Kier alpha value is -5.01. The second-order valence-corrected chi connectivity index (χ2v) is 14.8. The fourth-order valence-corrected chi connectivity index (χ4v) is 5.81. The number of carbonyl (C=O) groups excluding carboxylic acids is 3. The molecular formula is C37H48N8O5S. The highest BCUT2D eigenvalue weighted by Crippen LogP contribution is 2.13. The van der Waals surface area contributed by atoms with Crippen molar-refractivity contribution in [2.24, 2.45) is 22.5 Å². The summed E-state index contributed by atoms with van der Waals surface area (Å²) in [5.74, 6) is -1.81. The molecule has 7 N–H and O–H groups in total. The highest BCUT2D eigenvalue weighted by Gasteiger charge is 2.30. The Morgan fingerprint density at radius 1 is 0.725 bits per heavy atom. The van der Waals surface area contributed by atoms with Crippen molar-refractivity contribution in [3.63, 3.8) is 0 Å². The lowest BCUT2D eigenvalue weighted by atomic mass is 9.99. The molecule has 0 bridgehead atoms. The summed E-state index contributed by atoms with van der Waals surface area (Å²) in [4.78, 5) is 44.2. The number of carbonyl (C=O) groups is 3. The molecule has 51 heavy (non-hydrogen) atoms. The van der Waals surface area contributed by atoms with Gasteiger partial charge in [0.15, 0.2) is 9.84 Å². The molecule has 13 nitrogen and oxygen atoms in total. The van der Waals surface area contributed by atoms with E-state index in [1.807, 2.05) is 56.3 Å². The zero-order valence-corrected chi connectivity index (χ0v) is 30.1. The number of nitrogens with two attached hydrogens (primary N) is 2. The summed E-state index contributed by atoms with van der Waals surface area (Å²) in [7, 11) is -3.50. The highest BCUT2D eigenvalue weighted by molar-refractivity contribution is 7.93. The van der Waals surface area contributed by atoms with Crippen LogP contribution in [0.15, 0.2) is 95.5 Å². The molecule has 0 aliphatic rings. The van der Waals surface area contributed by atoms with Crippen molar-refractivity contribution in [2.75, 3.05) is 6.26 Å². The lowest BCUT2D eigenvalue weighted by Gasteiger charge is -2.26. The van der Waals surface area contributed by atoms with E-state index in [1.165, 1.54) is 6.08 Å². The summed E-state index contributed by atoms with van der Waals surface area (Å²) in [6, 6.07) is 19.7. The molecule has 1 unspecified atom stereocenters. The molecule has 272 valence electrons. The number of azide groups is 1. The SMILES string of the molecule is CC(C)C[C@H](NC(=O)[C@H](Cc1ccc(CN)cc1)NC(=O)C(Cc1ccccc1)N=[N+]=[N-])C(=O)N[C@H](/C=C/S(C)(=O)=O)Cc1ccc(CN)cc1. The van der Waals surface area contributed by atoms with E-state index in [1.54, 1.807) is 36.4 Å². The van der Waals surface area contributed by atoms with Gasteiger partial charge in [-0.1, -0.05) is 104 Å². The lowest BCUT2D eigenvalue weighted by Crippen LogP contribution is -2.56. The lowest BCUT2D eigenvalue weighted by molar-refractivity contribution is -0.132. The first-order valence-electron chi connectivity index (χ1n) is 16.7.